The summed E-state index contributed by atoms with van der Waals surface area (Å²) in [6, 6.07) is 5.99. The van der Waals surface area contributed by atoms with Gasteiger partial charge in [0.25, 0.3) is 0 Å². The van der Waals surface area contributed by atoms with E-state index in [0.29, 0.717) is 11.8 Å². The van der Waals surface area contributed by atoms with Crippen molar-refractivity contribution in [2.45, 2.75) is 32.1 Å². The summed E-state index contributed by atoms with van der Waals surface area (Å²) in [7, 11) is 3.77. The third-order valence-electron chi connectivity index (χ3n) is 4.31. The maximum absolute atomic E-state index is 6.18. The highest BCUT2D eigenvalue weighted by Gasteiger charge is 2.31. The fourth-order valence-electron chi connectivity index (χ4n) is 3.33. The van der Waals surface area contributed by atoms with Crippen LogP contribution in [0.1, 0.15) is 37.7 Å². The van der Waals surface area contributed by atoms with Crippen LogP contribution in [0.4, 0.5) is 0 Å². The van der Waals surface area contributed by atoms with Crippen LogP contribution in [0, 0.1) is 11.8 Å². The van der Waals surface area contributed by atoms with Gasteiger partial charge in [-0.15, -0.1) is 0 Å². The molecule has 0 saturated heterocycles. The minimum absolute atomic E-state index is 0.546. The van der Waals surface area contributed by atoms with E-state index in [4.69, 9.17) is 16.3 Å². The van der Waals surface area contributed by atoms with Crippen LogP contribution in [-0.4, -0.2) is 20.7 Å². The molecular formula is C16H24ClNO. The molecule has 3 atom stereocenters. The van der Waals surface area contributed by atoms with E-state index in [-0.39, 0.29) is 0 Å². The number of halogens is 1. The molecule has 1 aliphatic rings. The molecule has 1 aliphatic carbocycles. The number of hydrogen-bond acceptors (Lipinski definition) is 2. The van der Waals surface area contributed by atoms with Gasteiger partial charge in [0.05, 0.1) is 7.11 Å². The average molecular weight is 282 g/mol. The number of rotatable bonds is 4. The second-order valence-electron chi connectivity index (χ2n) is 5.73. The summed E-state index contributed by atoms with van der Waals surface area (Å²) in [5.41, 5.74) is 1.28. The van der Waals surface area contributed by atoms with Gasteiger partial charge >= 0.3 is 0 Å². The van der Waals surface area contributed by atoms with E-state index in [1.807, 2.05) is 19.2 Å². The Hall–Kier alpha value is -0.730. The van der Waals surface area contributed by atoms with Gasteiger partial charge < -0.3 is 10.1 Å². The predicted molar refractivity (Wildman–Crippen MR) is 81.2 cm³/mol. The molecule has 1 N–H and O–H groups in total. The molecule has 3 heteroatoms. The summed E-state index contributed by atoms with van der Waals surface area (Å²) in [4.78, 5) is 0. The first-order valence-electron chi connectivity index (χ1n) is 7.13. The Labute approximate surface area is 121 Å². The first-order valence-corrected chi connectivity index (χ1v) is 7.51. The standard InChI is InChI=1S/C16H24ClNO/c1-11-4-5-12(10-18-2)14(8-11)15-9-13(17)6-7-16(15)19-3/h6-7,9,11-12,14,18H,4-5,8,10H2,1-3H3. The number of methoxy groups -OCH3 is 1. The third-order valence-corrected chi connectivity index (χ3v) is 4.55. The molecule has 0 heterocycles. The van der Waals surface area contributed by atoms with Gasteiger partial charge in [0.2, 0.25) is 0 Å². The maximum atomic E-state index is 6.18. The monoisotopic (exact) mass is 281 g/mol. The molecule has 0 aliphatic heterocycles. The number of hydrogen-bond donors (Lipinski definition) is 1. The van der Waals surface area contributed by atoms with Crippen molar-refractivity contribution in [3.63, 3.8) is 0 Å². The predicted octanol–water partition coefficient (Wildman–Crippen LogP) is 4.09. The minimum Gasteiger partial charge on any atom is -0.496 e. The molecule has 1 aromatic carbocycles. The SMILES string of the molecule is CNCC1CCC(C)CC1c1cc(Cl)ccc1OC. The van der Waals surface area contributed by atoms with Gasteiger partial charge in [-0.1, -0.05) is 24.9 Å². The smallest absolute Gasteiger partial charge is 0.122 e. The van der Waals surface area contributed by atoms with Crippen molar-refractivity contribution in [2.24, 2.45) is 11.8 Å². The third kappa shape index (κ3) is 3.43. The van der Waals surface area contributed by atoms with Crippen LogP contribution in [0.15, 0.2) is 18.2 Å². The summed E-state index contributed by atoms with van der Waals surface area (Å²) in [6.45, 7) is 3.41. The second kappa shape index (κ2) is 6.62. The van der Waals surface area contributed by atoms with Gasteiger partial charge in [-0.2, -0.15) is 0 Å². The topological polar surface area (TPSA) is 21.3 Å². The largest absolute Gasteiger partial charge is 0.496 e. The lowest BCUT2D eigenvalue weighted by atomic mass is 9.71. The highest BCUT2D eigenvalue weighted by atomic mass is 35.5. The molecule has 2 rings (SSSR count). The van der Waals surface area contributed by atoms with E-state index >= 15 is 0 Å². The zero-order valence-corrected chi connectivity index (χ0v) is 12.8. The van der Waals surface area contributed by atoms with Crippen molar-refractivity contribution in [1.82, 2.24) is 5.32 Å². The molecule has 0 aromatic heterocycles. The molecule has 1 aromatic rings. The van der Waals surface area contributed by atoms with E-state index in [1.54, 1.807) is 7.11 Å². The molecule has 2 nitrogen and oxygen atoms in total. The van der Waals surface area contributed by atoms with Crippen LogP contribution in [-0.2, 0) is 0 Å². The normalized spacial score (nSPS) is 27.3. The summed E-state index contributed by atoms with van der Waals surface area (Å²) < 4.78 is 5.54. The lowest BCUT2D eigenvalue weighted by molar-refractivity contribution is 0.240. The molecule has 1 saturated carbocycles. The van der Waals surface area contributed by atoms with Crippen molar-refractivity contribution in [1.29, 1.82) is 0 Å². The van der Waals surface area contributed by atoms with Gasteiger partial charge in [0, 0.05) is 5.02 Å². The van der Waals surface area contributed by atoms with Crippen LogP contribution in [0.3, 0.4) is 0 Å². The lowest BCUT2D eigenvalue weighted by Gasteiger charge is -2.36. The molecule has 19 heavy (non-hydrogen) atoms. The van der Waals surface area contributed by atoms with Gasteiger partial charge in [0.15, 0.2) is 0 Å². The Bertz CT molecular complexity index is 421. The fourth-order valence-corrected chi connectivity index (χ4v) is 3.51. The molecule has 0 radical (unpaired) electrons. The minimum atomic E-state index is 0.546. The molecule has 0 amide bonds. The first-order chi connectivity index (χ1) is 9.15. The Morgan fingerprint density at radius 1 is 1.37 bits per heavy atom. The van der Waals surface area contributed by atoms with Gasteiger partial charge in [-0.25, -0.2) is 0 Å². The van der Waals surface area contributed by atoms with E-state index in [0.717, 1.165) is 23.2 Å². The Kier molecular flexibility index (Phi) is 5.12. The Morgan fingerprint density at radius 2 is 2.16 bits per heavy atom. The molecular weight excluding hydrogens is 258 g/mol. The van der Waals surface area contributed by atoms with E-state index < -0.39 is 0 Å². The maximum Gasteiger partial charge on any atom is 0.122 e. The van der Waals surface area contributed by atoms with Crippen molar-refractivity contribution in [3.8, 4) is 5.75 Å². The van der Waals surface area contributed by atoms with Crippen LogP contribution in [0.2, 0.25) is 5.02 Å². The van der Waals surface area contributed by atoms with Crippen molar-refractivity contribution >= 4 is 11.6 Å². The van der Waals surface area contributed by atoms with E-state index in [1.165, 1.54) is 24.8 Å². The van der Waals surface area contributed by atoms with Crippen LogP contribution in [0.5, 0.6) is 5.75 Å². The lowest BCUT2D eigenvalue weighted by Crippen LogP contribution is -2.30. The molecule has 0 bridgehead atoms. The number of nitrogens with one attached hydrogen (secondary N) is 1. The molecule has 1 fully saturated rings. The second-order valence-corrected chi connectivity index (χ2v) is 6.17. The zero-order valence-electron chi connectivity index (χ0n) is 12.1. The van der Waals surface area contributed by atoms with E-state index in [2.05, 4.69) is 18.3 Å². The Morgan fingerprint density at radius 3 is 2.84 bits per heavy atom. The molecule has 3 unspecified atom stereocenters. The highest BCUT2D eigenvalue weighted by Crippen LogP contribution is 2.44. The highest BCUT2D eigenvalue weighted by molar-refractivity contribution is 6.30. The van der Waals surface area contributed by atoms with Crippen LogP contribution >= 0.6 is 11.6 Å². The summed E-state index contributed by atoms with van der Waals surface area (Å²) in [5.74, 6) is 2.98. The van der Waals surface area contributed by atoms with Gasteiger partial charge in [0.1, 0.15) is 5.75 Å². The van der Waals surface area contributed by atoms with Crippen molar-refractivity contribution in [3.05, 3.63) is 28.8 Å². The van der Waals surface area contributed by atoms with Crippen molar-refractivity contribution in [2.75, 3.05) is 20.7 Å². The molecule has 106 valence electrons. The zero-order chi connectivity index (χ0) is 13.8. The van der Waals surface area contributed by atoms with Crippen molar-refractivity contribution < 1.29 is 4.74 Å². The van der Waals surface area contributed by atoms with E-state index in [9.17, 15) is 0 Å². The Balaban J connectivity index is 2.32. The van der Waals surface area contributed by atoms with Crippen LogP contribution in [0.25, 0.3) is 0 Å². The fraction of sp³-hybridized carbons (Fsp3) is 0.625. The number of ether oxygens (including phenoxy) is 1. The number of benzene rings is 1. The summed E-state index contributed by atoms with van der Waals surface area (Å²) in [6.07, 6.45) is 3.83. The quantitative estimate of drug-likeness (QED) is 0.898. The van der Waals surface area contributed by atoms with Gasteiger partial charge in [-0.3, -0.25) is 0 Å². The summed E-state index contributed by atoms with van der Waals surface area (Å²) in [5, 5.41) is 4.13. The average Bonchev–Trinajstić information content (AvgIpc) is 2.41. The first kappa shape index (κ1) is 14.7. The molecule has 0 spiro atoms. The van der Waals surface area contributed by atoms with Gasteiger partial charge in [-0.05, 0) is 68.0 Å². The summed E-state index contributed by atoms with van der Waals surface area (Å²) >= 11 is 6.18. The van der Waals surface area contributed by atoms with Crippen LogP contribution < -0.4 is 10.1 Å².